The minimum atomic E-state index is -0.151. The first-order valence-electron chi connectivity index (χ1n) is 11.8. The maximum atomic E-state index is 12.6. The molecule has 1 atom stereocenters. The van der Waals surface area contributed by atoms with E-state index in [4.69, 9.17) is 4.74 Å². The number of para-hydroxylation sites is 1. The van der Waals surface area contributed by atoms with Crippen molar-refractivity contribution in [2.45, 2.75) is 71.3 Å². The lowest BCUT2D eigenvalue weighted by atomic mass is 9.48. The minimum Gasteiger partial charge on any atom is -0.493 e. The molecule has 4 bridgehead atoms. The van der Waals surface area contributed by atoms with Gasteiger partial charge in [0.25, 0.3) is 5.91 Å². The van der Waals surface area contributed by atoms with E-state index in [0.29, 0.717) is 42.7 Å². The van der Waals surface area contributed by atoms with Gasteiger partial charge in [0.2, 0.25) is 5.91 Å². The van der Waals surface area contributed by atoms with Crippen molar-refractivity contribution >= 4 is 11.8 Å². The van der Waals surface area contributed by atoms with Gasteiger partial charge in [-0.2, -0.15) is 0 Å². The van der Waals surface area contributed by atoms with Crippen molar-refractivity contribution in [3.05, 3.63) is 29.8 Å². The van der Waals surface area contributed by atoms with E-state index in [1.165, 1.54) is 38.5 Å². The van der Waals surface area contributed by atoms with E-state index in [0.717, 1.165) is 17.8 Å². The molecular weight excluding hydrogens is 376 g/mol. The number of hydrogen-bond acceptors (Lipinski definition) is 3. The summed E-state index contributed by atoms with van der Waals surface area (Å²) in [4.78, 5) is 25.0. The van der Waals surface area contributed by atoms with Crippen LogP contribution in [0.3, 0.4) is 0 Å². The Kier molecular flexibility index (Phi) is 6.35. The molecule has 1 aromatic rings. The average Bonchev–Trinajstić information content (AvgIpc) is 2.70. The number of nitrogens with one attached hydrogen (secondary N) is 2. The van der Waals surface area contributed by atoms with Crippen LogP contribution in [0.4, 0.5) is 0 Å². The largest absolute Gasteiger partial charge is 0.493 e. The highest BCUT2D eigenvalue weighted by molar-refractivity contribution is 5.96. The fraction of sp³-hybridized carbons (Fsp3) is 0.680. The first kappa shape index (κ1) is 21.2. The second kappa shape index (κ2) is 8.99. The number of ether oxygens (including phenoxy) is 1. The summed E-state index contributed by atoms with van der Waals surface area (Å²) in [5, 5.41) is 6.23. The highest BCUT2D eigenvalue weighted by Gasteiger charge is 2.53. The molecule has 5 heteroatoms. The normalized spacial score (nSPS) is 30.0. The summed E-state index contributed by atoms with van der Waals surface area (Å²) in [5.41, 5.74) is 0.876. The van der Waals surface area contributed by atoms with Crippen LogP contribution in [0.1, 0.15) is 75.6 Å². The number of benzene rings is 1. The molecule has 0 unspecified atom stereocenters. The molecule has 0 aliphatic heterocycles. The third-order valence-electron chi connectivity index (χ3n) is 7.68. The first-order valence-corrected chi connectivity index (χ1v) is 11.8. The van der Waals surface area contributed by atoms with Crippen LogP contribution >= 0.6 is 0 Å². The predicted octanol–water partition coefficient (Wildman–Crippen LogP) is 4.32. The Morgan fingerprint density at radius 1 is 1.10 bits per heavy atom. The van der Waals surface area contributed by atoms with Gasteiger partial charge in [0.15, 0.2) is 0 Å². The maximum Gasteiger partial charge on any atom is 0.255 e. The second-order valence-electron chi connectivity index (χ2n) is 9.86. The smallest absolute Gasteiger partial charge is 0.255 e. The lowest BCUT2D eigenvalue weighted by Gasteiger charge is -2.59. The summed E-state index contributed by atoms with van der Waals surface area (Å²) in [6.45, 7) is 5.13. The van der Waals surface area contributed by atoms with E-state index in [9.17, 15) is 9.59 Å². The van der Waals surface area contributed by atoms with Gasteiger partial charge in [-0.1, -0.05) is 12.1 Å². The number of rotatable bonds is 9. The van der Waals surface area contributed by atoms with Gasteiger partial charge in [-0.25, -0.2) is 0 Å². The molecule has 0 saturated heterocycles. The minimum absolute atomic E-state index is 0.113. The molecule has 0 spiro atoms. The van der Waals surface area contributed by atoms with Crippen LogP contribution in [-0.4, -0.2) is 31.0 Å². The van der Waals surface area contributed by atoms with Gasteiger partial charge >= 0.3 is 0 Å². The fourth-order valence-corrected chi connectivity index (χ4v) is 6.66. The van der Waals surface area contributed by atoms with Crippen molar-refractivity contribution in [3.63, 3.8) is 0 Å². The van der Waals surface area contributed by atoms with E-state index in [1.54, 1.807) is 12.1 Å². The van der Waals surface area contributed by atoms with Crippen LogP contribution in [0.2, 0.25) is 0 Å². The molecule has 0 radical (unpaired) electrons. The molecular formula is C25H36N2O3. The Morgan fingerprint density at radius 3 is 2.37 bits per heavy atom. The number of carbonyl (C=O) groups is 2. The average molecular weight is 413 g/mol. The van der Waals surface area contributed by atoms with E-state index in [1.807, 2.05) is 19.1 Å². The van der Waals surface area contributed by atoms with E-state index < -0.39 is 0 Å². The lowest BCUT2D eigenvalue weighted by molar-refractivity contribution is -0.126. The quantitative estimate of drug-likeness (QED) is 0.594. The Morgan fingerprint density at radius 2 is 1.73 bits per heavy atom. The van der Waals surface area contributed by atoms with Gasteiger partial charge in [0.05, 0.1) is 12.2 Å². The Balaban J connectivity index is 1.21. The monoisotopic (exact) mass is 412 g/mol. The van der Waals surface area contributed by atoms with Crippen molar-refractivity contribution < 1.29 is 14.3 Å². The molecule has 4 saturated carbocycles. The van der Waals surface area contributed by atoms with Crippen molar-refractivity contribution in [2.75, 3.05) is 13.2 Å². The molecule has 4 aliphatic rings. The summed E-state index contributed by atoms with van der Waals surface area (Å²) < 4.78 is 5.52. The summed E-state index contributed by atoms with van der Waals surface area (Å²) in [6, 6.07) is 7.51. The topological polar surface area (TPSA) is 67.4 Å². The SMILES string of the molecule is CCOc1ccccc1C(=O)NCCCC(=O)N[C@H](C)C12CC3CC(CC(C3)C1)C2. The van der Waals surface area contributed by atoms with Crippen LogP contribution in [0.5, 0.6) is 5.75 Å². The number of hydrogen-bond donors (Lipinski definition) is 2. The molecule has 0 aromatic heterocycles. The summed E-state index contributed by atoms with van der Waals surface area (Å²) in [7, 11) is 0. The van der Waals surface area contributed by atoms with E-state index in [2.05, 4.69) is 17.6 Å². The van der Waals surface area contributed by atoms with Crippen LogP contribution in [-0.2, 0) is 4.79 Å². The van der Waals surface area contributed by atoms with E-state index >= 15 is 0 Å². The van der Waals surface area contributed by atoms with Crippen LogP contribution in [0.15, 0.2) is 24.3 Å². The van der Waals surface area contributed by atoms with Crippen LogP contribution in [0.25, 0.3) is 0 Å². The van der Waals surface area contributed by atoms with E-state index in [-0.39, 0.29) is 17.9 Å². The highest BCUT2D eigenvalue weighted by Crippen LogP contribution is 2.61. The van der Waals surface area contributed by atoms with Crippen molar-refractivity contribution in [2.24, 2.45) is 23.2 Å². The number of carbonyl (C=O) groups excluding carboxylic acids is 2. The number of amides is 2. The van der Waals surface area contributed by atoms with Gasteiger partial charge in [0.1, 0.15) is 5.75 Å². The second-order valence-corrected chi connectivity index (χ2v) is 9.86. The molecule has 1 aromatic carbocycles. The summed E-state index contributed by atoms with van der Waals surface area (Å²) in [5.74, 6) is 3.24. The third kappa shape index (κ3) is 4.50. The molecule has 5 rings (SSSR count). The van der Waals surface area contributed by atoms with Gasteiger partial charge in [-0.3, -0.25) is 9.59 Å². The maximum absolute atomic E-state index is 12.6. The molecule has 2 N–H and O–H groups in total. The fourth-order valence-electron chi connectivity index (χ4n) is 6.66. The highest BCUT2D eigenvalue weighted by atomic mass is 16.5. The molecule has 5 nitrogen and oxygen atoms in total. The molecule has 0 heterocycles. The third-order valence-corrected chi connectivity index (χ3v) is 7.68. The van der Waals surface area contributed by atoms with Crippen molar-refractivity contribution in [1.82, 2.24) is 10.6 Å². The van der Waals surface area contributed by atoms with Crippen LogP contribution < -0.4 is 15.4 Å². The zero-order chi connectivity index (χ0) is 21.1. The van der Waals surface area contributed by atoms with Gasteiger partial charge in [0, 0.05) is 19.0 Å². The summed E-state index contributed by atoms with van der Waals surface area (Å²) in [6.07, 6.45) is 9.26. The molecule has 164 valence electrons. The standard InChI is InChI=1S/C25H36N2O3/c1-3-30-22-8-5-4-7-21(22)24(29)26-10-6-9-23(28)27-17(2)25-14-18-11-19(15-25)13-20(12-18)16-25/h4-5,7-8,17-20H,3,6,9-16H2,1-2H3,(H,26,29)(H,27,28)/t17-,18?,19?,20?,25?/m1/s1. The zero-order valence-electron chi connectivity index (χ0n) is 18.4. The summed E-state index contributed by atoms with van der Waals surface area (Å²) >= 11 is 0. The lowest BCUT2D eigenvalue weighted by Crippen LogP contribution is -2.55. The van der Waals surface area contributed by atoms with Crippen LogP contribution in [0, 0.1) is 23.2 Å². The van der Waals surface area contributed by atoms with Crippen molar-refractivity contribution in [3.8, 4) is 5.75 Å². The molecule has 2 amide bonds. The first-order chi connectivity index (χ1) is 14.5. The Bertz CT molecular complexity index is 740. The molecule has 4 fully saturated rings. The van der Waals surface area contributed by atoms with Gasteiger partial charge < -0.3 is 15.4 Å². The zero-order valence-corrected chi connectivity index (χ0v) is 18.4. The van der Waals surface area contributed by atoms with Gasteiger partial charge in [-0.05, 0) is 94.1 Å². The Labute approximate surface area is 180 Å². The predicted molar refractivity (Wildman–Crippen MR) is 117 cm³/mol. The molecule has 30 heavy (non-hydrogen) atoms. The Hall–Kier alpha value is -2.04. The van der Waals surface area contributed by atoms with Crippen molar-refractivity contribution in [1.29, 1.82) is 0 Å². The molecule has 4 aliphatic carbocycles. The van der Waals surface area contributed by atoms with Gasteiger partial charge in [-0.15, -0.1) is 0 Å².